The van der Waals surface area contributed by atoms with Crippen LogP contribution in [0.1, 0.15) is 72.1 Å². The maximum Gasteiger partial charge on any atom is 0.0830 e. The fourth-order valence-electron chi connectivity index (χ4n) is 5.07. The molecule has 3 atom stereocenters. The first kappa shape index (κ1) is 18.4. The lowest BCUT2D eigenvalue weighted by molar-refractivity contribution is 0.158. The Morgan fingerprint density at radius 3 is 2.71 bits per heavy atom. The molecule has 0 aromatic carbocycles. The van der Waals surface area contributed by atoms with Gasteiger partial charge in [0.1, 0.15) is 0 Å². The molecule has 3 fully saturated rings. The van der Waals surface area contributed by atoms with Gasteiger partial charge in [-0.25, -0.2) is 3.21 Å². The molecule has 2 nitrogen and oxygen atoms in total. The van der Waals surface area contributed by atoms with Crippen LogP contribution in [0.15, 0.2) is 37.7 Å². The highest BCUT2D eigenvalue weighted by atomic mass is 127. The fraction of sp³-hybridized carbons (Fsp3) is 0.667. The van der Waals surface area contributed by atoms with Crippen LogP contribution in [0, 0.1) is 11.3 Å². The minimum absolute atomic E-state index is 0.168. The Hall–Kier alpha value is -0.420. The number of allylic oxidation sites excluding steroid dienone is 5. The van der Waals surface area contributed by atoms with Gasteiger partial charge in [0.25, 0.3) is 0 Å². The quantitative estimate of drug-likeness (QED) is 0.491. The summed E-state index contributed by atoms with van der Waals surface area (Å²) in [7, 11) is 0. The number of rotatable bonds is 1. The molecule has 0 aliphatic heterocycles. The monoisotopic (exact) mass is 439 g/mol. The standard InChI is InChI=1S/C21H30INO/c1-14(2)18-9-8-17(24)13-16(18)7-6-15-5-4-12-21(3)19(15)10-11-20(21)23-22/h6-7,17,19,24H,4-5,8-13H2,1-3H3/b15-6+,16-7-,23-20?/t17-,19?,21+/m1/s1. The molecule has 24 heavy (non-hydrogen) atoms. The van der Waals surface area contributed by atoms with Crippen molar-refractivity contribution >= 4 is 28.6 Å². The molecule has 0 spiro atoms. The van der Waals surface area contributed by atoms with Crippen molar-refractivity contribution in [2.75, 3.05) is 0 Å². The molecule has 1 unspecified atom stereocenters. The van der Waals surface area contributed by atoms with Gasteiger partial charge in [0.15, 0.2) is 0 Å². The van der Waals surface area contributed by atoms with Gasteiger partial charge >= 0.3 is 0 Å². The van der Waals surface area contributed by atoms with Crippen LogP contribution in [-0.2, 0) is 0 Å². The van der Waals surface area contributed by atoms with Crippen molar-refractivity contribution in [3.63, 3.8) is 0 Å². The topological polar surface area (TPSA) is 32.6 Å². The lowest BCUT2D eigenvalue weighted by Crippen LogP contribution is -2.33. The average Bonchev–Trinajstić information content (AvgIpc) is 2.89. The number of hydrogen-bond acceptors (Lipinski definition) is 2. The summed E-state index contributed by atoms with van der Waals surface area (Å²) in [5.41, 5.74) is 7.55. The Bertz CT molecular complexity index is 624. The minimum Gasteiger partial charge on any atom is -0.393 e. The van der Waals surface area contributed by atoms with Crippen molar-refractivity contribution in [3.8, 4) is 0 Å². The van der Waals surface area contributed by atoms with Crippen LogP contribution in [0.5, 0.6) is 0 Å². The molecule has 3 saturated carbocycles. The molecule has 0 aromatic rings. The lowest BCUT2D eigenvalue weighted by atomic mass is 9.66. The zero-order valence-electron chi connectivity index (χ0n) is 15.2. The zero-order valence-corrected chi connectivity index (χ0v) is 17.4. The van der Waals surface area contributed by atoms with Gasteiger partial charge in [0.2, 0.25) is 0 Å². The molecule has 3 aliphatic rings. The van der Waals surface area contributed by atoms with Crippen molar-refractivity contribution in [2.45, 2.75) is 78.2 Å². The molecular formula is C21H30INO. The summed E-state index contributed by atoms with van der Waals surface area (Å²) in [6.45, 7) is 6.83. The van der Waals surface area contributed by atoms with E-state index in [1.165, 1.54) is 48.1 Å². The highest BCUT2D eigenvalue weighted by Gasteiger charge is 2.47. The van der Waals surface area contributed by atoms with E-state index in [4.69, 9.17) is 0 Å². The second-order valence-electron chi connectivity index (χ2n) is 8.20. The van der Waals surface area contributed by atoms with Crippen molar-refractivity contribution in [1.29, 1.82) is 0 Å². The van der Waals surface area contributed by atoms with Crippen LogP contribution < -0.4 is 0 Å². The average molecular weight is 439 g/mol. The van der Waals surface area contributed by atoms with Gasteiger partial charge in [-0.2, -0.15) is 0 Å². The number of nitrogens with zero attached hydrogens (tertiary/aromatic N) is 1. The highest BCUT2D eigenvalue weighted by molar-refractivity contribution is 14.1. The summed E-state index contributed by atoms with van der Waals surface area (Å²) in [5, 5.41) is 10.1. The predicted octanol–water partition coefficient (Wildman–Crippen LogP) is 6.11. The smallest absolute Gasteiger partial charge is 0.0830 e. The molecule has 0 bridgehead atoms. The summed E-state index contributed by atoms with van der Waals surface area (Å²) < 4.78 is 4.58. The van der Waals surface area contributed by atoms with Crippen LogP contribution in [-0.4, -0.2) is 16.9 Å². The van der Waals surface area contributed by atoms with E-state index in [2.05, 4.69) is 59.0 Å². The number of halogens is 1. The molecule has 0 saturated heterocycles. The first-order valence-corrected chi connectivity index (χ1v) is 10.3. The maximum atomic E-state index is 10.1. The van der Waals surface area contributed by atoms with Crippen molar-refractivity contribution in [3.05, 3.63) is 34.4 Å². The number of fused-ring (bicyclic) bond motifs is 1. The summed E-state index contributed by atoms with van der Waals surface area (Å²) in [6.07, 6.45) is 13.5. The fourth-order valence-corrected chi connectivity index (χ4v) is 5.86. The molecule has 0 heterocycles. The second kappa shape index (κ2) is 7.45. The molecule has 0 aromatic heterocycles. The SMILES string of the molecule is CC(C)=C1CC[C@@H](O)C/C1=C/C=C1\CCC[C@]2(C)C(=NI)CCC12. The predicted molar refractivity (Wildman–Crippen MR) is 111 cm³/mol. The molecule has 3 heteroatoms. The van der Waals surface area contributed by atoms with E-state index in [0.29, 0.717) is 5.92 Å². The molecule has 0 amide bonds. The lowest BCUT2D eigenvalue weighted by Gasteiger charge is -2.38. The molecule has 1 N–H and O–H groups in total. The largest absolute Gasteiger partial charge is 0.393 e. The van der Waals surface area contributed by atoms with Gasteiger partial charge in [0.05, 0.1) is 29.0 Å². The number of aliphatic hydroxyl groups excluding tert-OH is 1. The molecule has 0 radical (unpaired) electrons. The van der Waals surface area contributed by atoms with Crippen LogP contribution in [0.4, 0.5) is 0 Å². The van der Waals surface area contributed by atoms with Crippen LogP contribution in [0.25, 0.3) is 0 Å². The van der Waals surface area contributed by atoms with Gasteiger partial charge in [-0.15, -0.1) is 0 Å². The van der Waals surface area contributed by atoms with Crippen LogP contribution in [0.3, 0.4) is 0 Å². The minimum atomic E-state index is -0.168. The first-order chi connectivity index (χ1) is 11.5. The molecular weight excluding hydrogens is 409 g/mol. The third-order valence-electron chi connectivity index (χ3n) is 6.48. The van der Waals surface area contributed by atoms with E-state index in [0.717, 1.165) is 25.7 Å². The van der Waals surface area contributed by atoms with Gasteiger partial charge in [-0.05, 0) is 82.3 Å². The van der Waals surface area contributed by atoms with Crippen molar-refractivity contribution in [1.82, 2.24) is 0 Å². The summed E-state index contributed by atoms with van der Waals surface area (Å²) in [4.78, 5) is 0. The molecule has 3 rings (SSSR count). The Kier molecular flexibility index (Phi) is 5.70. The number of hydrogen-bond donors (Lipinski definition) is 1. The van der Waals surface area contributed by atoms with Gasteiger partial charge in [-0.3, -0.25) is 0 Å². The van der Waals surface area contributed by atoms with Crippen LogP contribution >= 0.6 is 22.9 Å². The third-order valence-corrected chi connectivity index (χ3v) is 7.06. The number of aliphatic hydroxyl groups is 1. The van der Waals surface area contributed by atoms with E-state index < -0.39 is 0 Å². The Labute approximate surface area is 160 Å². The van der Waals surface area contributed by atoms with E-state index in [9.17, 15) is 5.11 Å². The first-order valence-electron chi connectivity index (χ1n) is 9.38. The van der Waals surface area contributed by atoms with Gasteiger partial charge < -0.3 is 5.11 Å². The summed E-state index contributed by atoms with van der Waals surface area (Å²) in [6, 6.07) is 0. The Balaban J connectivity index is 1.89. The third kappa shape index (κ3) is 3.44. The molecule has 132 valence electrons. The van der Waals surface area contributed by atoms with Gasteiger partial charge in [-0.1, -0.05) is 30.2 Å². The van der Waals surface area contributed by atoms with E-state index in [-0.39, 0.29) is 11.5 Å². The zero-order chi connectivity index (χ0) is 17.3. The normalized spacial score (nSPS) is 38.9. The summed E-state index contributed by atoms with van der Waals surface area (Å²) in [5.74, 6) is 0.667. The highest BCUT2D eigenvalue weighted by Crippen LogP contribution is 2.53. The second-order valence-corrected chi connectivity index (χ2v) is 8.68. The van der Waals surface area contributed by atoms with E-state index >= 15 is 0 Å². The van der Waals surface area contributed by atoms with Crippen LogP contribution in [0.2, 0.25) is 0 Å². The van der Waals surface area contributed by atoms with E-state index in [1.54, 1.807) is 5.57 Å². The Morgan fingerprint density at radius 1 is 1.21 bits per heavy atom. The maximum absolute atomic E-state index is 10.1. The van der Waals surface area contributed by atoms with Crippen molar-refractivity contribution in [2.24, 2.45) is 14.5 Å². The summed E-state index contributed by atoms with van der Waals surface area (Å²) >= 11 is 2.19. The van der Waals surface area contributed by atoms with Crippen molar-refractivity contribution < 1.29 is 5.11 Å². The van der Waals surface area contributed by atoms with Gasteiger partial charge in [0, 0.05) is 11.1 Å². The molecule has 3 aliphatic carbocycles. The van der Waals surface area contributed by atoms with E-state index in [1.807, 2.05) is 0 Å². The Morgan fingerprint density at radius 2 is 2.00 bits per heavy atom.